The van der Waals surface area contributed by atoms with E-state index in [0.29, 0.717) is 18.8 Å². The van der Waals surface area contributed by atoms with Gasteiger partial charge in [0.05, 0.1) is 5.41 Å². The Kier molecular flexibility index (Phi) is 5.01. The first kappa shape index (κ1) is 15.3. The van der Waals surface area contributed by atoms with Crippen LogP contribution in [-0.2, 0) is 9.53 Å². The van der Waals surface area contributed by atoms with Gasteiger partial charge in [-0.05, 0) is 25.2 Å². The molecule has 1 rings (SSSR count). The molecule has 2 unspecified atom stereocenters. The van der Waals surface area contributed by atoms with Gasteiger partial charge in [0.1, 0.15) is 6.61 Å². The lowest BCUT2D eigenvalue weighted by molar-refractivity contribution is -0.177. The minimum atomic E-state index is -4.35. The van der Waals surface area contributed by atoms with Crippen molar-refractivity contribution >= 4 is 5.97 Å². The van der Waals surface area contributed by atoms with Crippen LogP contribution in [0.2, 0.25) is 0 Å². The minimum absolute atomic E-state index is 0.154. The van der Waals surface area contributed by atoms with E-state index in [9.17, 15) is 23.1 Å². The van der Waals surface area contributed by atoms with E-state index in [2.05, 4.69) is 4.74 Å². The summed E-state index contributed by atoms with van der Waals surface area (Å²) in [6.07, 6.45) is -1.34. The highest BCUT2D eigenvalue weighted by Crippen LogP contribution is 2.42. The van der Waals surface area contributed by atoms with Gasteiger partial charge in [-0.25, -0.2) is 0 Å². The predicted molar refractivity (Wildman–Crippen MR) is 59.2 cm³/mol. The molecular weight excluding hydrogens is 249 g/mol. The Morgan fingerprint density at radius 1 is 1.50 bits per heavy atom. The van der Waals surface area contributed by atoms with Gasteiger partial charge in [-0.15, -0.1) is 0 Å². The molecule has 1 saturated carbocycles. The lowest BCUT2D eigenvalue weighted by Gasteiger charge is -2.36. The lowest BCUT2D eigenvalue weighted by atomic mass is 9.68. The zero-order valence-electron chi connectivity index (χ0n) is 10.4. The fourth-order valence-electron chi connectivity index (χ4n) is 2.64. The first-order chi connectivity index (χ1) is 8.25. The Balaban J connectivity index is 2.46. The topological polar surface area (TPSA) is 46.5 Å². The molecule has 0 bridgehead atoms. The number of carboxylic acids is 1. The Morgan fingerprint density at radius 2 is 2.17 bits per heavy atom. The van der Waals surface area contributed by atoms with Crippen LogP contribution in [0.15, 0.2) is 0 Å². The predicted octanol–water partition coefficient (Wildman–Crippen LogP) is 3.24. The van der Waals surface area contributed by atoms with Crippen LogP contribution < -0.4 is 0 Å². The maximum absolute atomic E-state index is 11.9. The van der Waals surface area contributed by atoms with Crippen molar-refractivity contribution in [3.05, 3.63) is 0 Å². The van der Waals surface area contributed by atoms with Crippen LogP contribution >= 0.6 is 0 Å². The van der Waals surface area contributed by atoms with Gasteiger partial charge < -0.3 is 9.84 Å². The van der Waals surface area contributed by atoms with Crippen LogP contribution in [0.4, 0.5) is 13.2 Å². The Morgan fingerprint density at radius 3 is 2.67 bits per heavy atom. The fraction of sp³-hybridized carbons (Fsp3) is 0.917. The average molecular weight is 268 g/mol. The number of carboxylic acid groups (broad SMARTS) is 1. The summed E-state index contributed by atoms with van der Waals surface area (Å²) in [6.45, 7) is 0.518. The smallest absolute Gasteiger partial charge is 0.411 e. The molecule has 1 fully saturated rings. The molecule has 2 atom stereocenters. The van der Waals surface area contributed by atoms with E-state index in [1.807, 2.05) is 6.92 Å². The molecule has 1 aliphatic rings. The van der Waals surface area contributed by atoms with Crippen molar-refractivity contribution < 1.29 is 27.8 Å². The molecule has 0 heterocycles. The Bertz CT molecular complexity index is 291. The molecule has 0 amide bonds. The highest BCUT2D eigenvalue weighted by Gasteiger charge is 2.41. The summed E-state index contributed by atoms with van der Waals surface area (Å²) in [5.74, 6) is -0.609. The normalized spacial score (nSPS) is 29.2. The SMILES string of the molecule is CC1CCCC(CCOCC(F)(F)F)(C(=O)O)C1. The van der Waals surface area contributed by atoms with Gasteiger partial charge in [-0.1, -0.05) is 19.8 Å². The van der Waals surface area contributed by atoms with Gasteiger partial charge in [0.25, 0.3) is 0 Å². The second-order valence-electron chi connectivity index (χ2n) is 5.20. The molecule has 0 saturated heterocycles. The summed E-state index contributed by atoms with van der Waals surface area (Å²) < 4.78 is 40.2. The molecule has 0 aromatic heterocycles. The van der Waals surface area contributed by atoms with Crippen molar-refractivity contribution in [1.29, 1.82) is 0 Å². The van der Waals surface area contributed by atoms with E-state index < -0.39 is 24.2 Å². The maximum Gasteiger partial charge on any atom is 0.411 e. The summed E-state index contributed by atoms with van der Waals surface area (Å²) in [5, 5.41) is 9.29. The minimum Gasteiger partial charge on any atom is -0.481 e. The molecular formula is C12H19F3O3. The molecule has 6 heteroatoms. The molecule has 0 aromatic rings. The van der Waals surface area contributed by atoms with Gasteiger partial charge in [0.2, 0.25) is 0 Å². The second kappa shape index (κ2) is 5.91. The van der Waals surface area contributed by atoms with Crippen molar-refractivity contribution in [2.75, 3.05) is 13.2 Å². The van der Waals surface area contributed by atoms with Crippen LogP contribution in [0.3, 0.4) is 0 Å². The third-order valence-corrected chi connectivity index (χ3v) is 3.54. The largest absolute Gasteiger partial charge is 0.481 e. The standard InChI is InChI=1S/C12H19F3O3/c1-9-3-2-4-11(7-9,10(16)17)5-6-18-8-12(13,14)15/h9H,2-8H2,1H3,(H,16,17). The number of carbonyl (C=O) groups is 1. The Labute approximate surface area is 104 Å². The second-order valence-corrected chi connectivity index (χ2v) is 5.20. The zero-order valence-corrected chi connectivity index (χ0v) is 10.4. The molecule has 0 aromatic carbocycles. The van der Waals surface area contributed by atoms with Crippen LogP contribution in [0.25, 0.3) is 0 Å². The van der Waals surface area contributed by atoms with E-state index >= 15 is 0 Å². The fourth-order valence-corrected chi connectivity index (χ4v) is 2.64. The summed E-state index contributed by atoms with van der Waals surface area (Å²) in [7, 11) is 0. The molecule has 1 N–H and O–H groups in total. The number of hydrogen-bond donors (Lipinski definition) is 1. The van der Waals surface area contributed by atoms with Crippen LogP contribution in [0.5, 0.6) is 0 Å². The summed E-state index contributed by atoms with van der Waals surface area (Å²) >= 11 is 0. The van der Waals surface area contributed by atoms with Crippen molar-refractivity contribution in [3.8, 4) is 0 Å². The van der Waals surface area contributed by atoms with E-state index in [1.54, 1.807) is 0 Å². The van der Waals surface area contributed by atoms with E-state index in [1.165, 1.54) is 0 Å². The number of halogens is 3. The van der Waals surface area contributed by atoms with Gasteiger partial charge >= 0.3 is 12.1 Å². The van der Waals surface area contributed by atoms with Crippen molar-refractivity contribution in [3.63, 3.8) is 0 Å². The highest BCUT2D eigenvalue weighted by molar-refractivity contribution is 5.74. The van der Waals surface area contributed by atoms with E-state index in [4.69, 9.17) is 0 Å². The van der Waals surface area contributed by atoms with Crippen molar-refractivity contribution in [1.82, 2.24) is 0 Å². The van der Waals surface area contributed by atoms with Crippen LogP contribution in [0, 0.1) is 11.3 Å². The Hall–Kier alpha value is -0.780. The summed E-state index contributed by atoms with van der Waals surface area (Å²) in [6, 6.07) is 0. The van der Waals surface area contributed by atoms with Gasteiger partial charge in [-0.2, -0.15) is 13.2 Å². The maximum atomic E-state index is 11.9. The first-order valence-electron chi connectivity index (χ1n) is 6.13. The van der Waals surface area contributed by atoms with Crippen molar-refractivity contribution in [2.45, 2.75) is 45.2 Å². The number of hydrogen-bond acceptors (Lipinski definition) is 2. The lowest BCUT2D eigenvalue weighted by Crippen LogP contribution is -2.37. The first-order valence-corrected chi connectivity index (χ1v) is 6.13. The number of alkyl halides is 3. The summed E-state index contributed by atoms with van der Waals surface area (Å²) in [5.41, 5.74) is -0.900. The van der Waals surface area contributed by atoms with Gasteiger partial charge in [-0.3, -0.25) is 4.79 Å². The van der Waals surface area contributed by atoms with Gasteiger partial charge in [0.15, 0.2) is 0 Å². The third kappa shape index (κ3) is 4.48. The van der Waals surface area contributed by atoms with E-state index in [0.717, 1.165) is 12.8 Å². The summed E-state index contributed by atoms with van der Waals surface area (Å²) in [4.78, 5) is 11.3. The zero-order chi connectivity index (χ0) is 13.8. The number of ether oxygens (including phenoxy) is 1. The number of rotatable bonds is 5. The van der Waals surface area contributed by atoms with Crippen molar-refractivity contribution in [2.24, 2.45) is 11.3 Å². The number of aliphatic carboxylic acids is 1. The molecule has 3 nitrogen and oxygen atoms in total. The highest BCUT2D eigenvalue weighted by atomic mass is 19.4. The third-order valence-electron chi connectivity index (χ3n) is 3.54. The molecule has 0 radical (unpaired) electrons. The molecule has 0 spiro atoms. The van der Waals surface area contributed by atoms with Gasteiger partial charge in [0, 0.05) is 6.61 Å². The average Bonchev–Trinajstić information content (AvgIpc) is 2.23. The molecule has 1 aliphatic carbocycles. The van der Waals surface area contributed by atoms with Crippen LogP contribution in [0.1, 0.15) is 39.0 Å². The van der Waals surface area contributed by atoms with Crippen LogP contribution in [-0.4, -0.2) is 30.5 Å². The monoisotopic (exact) mass is 268 g/mol. The molecule has 0 aliphatic heterocycles. The molecule has 106 valence electrons. The van der Waals surface area contributed by atoms with E-state index in [-0.39, 0.29) is 13.0 Å². The quantitative estimate of drug-likeness (QED) is 0.779. The molecule has 18 heavy (non-hydrogen) atoms.